The van der Waals surface area contributed by atoms with Crippen LogP contribution >= 0.6 is 15.9 Å². The van der Waals surface area contributed by atoms with Crippen molar-refractivity contribution >= 4 is 44.7 Å². The fourth-order valence-electron chi connectivity index (χ4n) is 2.84. The molecule has 3 rings (SSSR count). The van der Waals surface area contributed by atoms with E-state index < -0.39 is 11.9 Å². The molecular formula is C23H19BrO5. The van der Waals surface area contributed by atoms with Gasteiger partial charge in [-0.25, -0.2) is 9.59 Å². The van der Waals surface area contributed by atoms with Gasteiger partial charge in [-0.05, 0) is 63.5 Å². The number of esters is 2. The number of methoxy groups -OCH3 is 1. The van der Waals surface area contributed by atoms with Crippen LogP contribution in [0.3, 0.4) is 0 Å². The Kier molecular flexibility index (Phi) is 6.67. The number of rotatable bonds is 6. The zero-order valence-electron chi connectivity index (χ0n) is 16.0. The lowest BCUT2D eigenvalue weighted by Crippen LogP contribution is -2.10. The molecule has 3 aromatic rings. The van der Waals surface area contributed by atoms with Gasteiger partial charge in [0.05, 0.1) is 23.8 Å². The summed E-state index contributed by atoms with van der Waals surface area (Å²) in [5.41, 5.74) is 1.15. The molecule has 0 atom stereocenters. The molecule has 0 spiro atoms. The van der Waals surface area contributed by atoms with E-state index in [-0.39, 0.29) is 5.75 Å². The van der Waals surface area contributed by atoms with Crippen molar-refractivity contribution in [3.63, 3.8) is 0 Å². The standard InChI is InChI=1S/C23H19BrO5/c1-3-28-21(25)12-11-15-13-19(24)22(20(14-15)27-2)29-23(26)18-10-6-8-16-7-4-5-9-17(16)18/h4-14H,3H2,1-2H3/b12-11+. The van der Waals surface area contributed by atoms with Gasteiger partial charge in [-0.2, -0.15) is 0 Å². The van der Waals surface area contributed by atoms with Crippen molar-refractivity contribution in [2.75, 3.05) is 13.7 Å². The Balaban J connectivity index is 1.90. The SMILES string of the molecule is CCOC(=O)/C=C/c1cc(Br)c(OC(=O)c2cccc3ccccc23)c(OC)c1. The zero-order chi connectivity index (χ0) is 20.8. The van der Waals surface area contributed by atoms with E-state index in [1.165, 1.54) is 13.2 Å². The third kappa shape index (κ3) is 4.84. The fraction of sp³-hybridized carbons (Fsp3) is 0.130. The molecule has 5 nitrogen and oxygen atoms in total. The van der Waals surface area contributed by atoms with Gasteiger partial charge in [-0.1, -0.05) is 36.4 Å². The second-order valence-corrected chi connectivity index (χ2v) is 6.89. The average molecular weight is 455 g/mol. The van der Waals surface area contributed by atoms with Gasteiger partial charge in [0.1, 0.15) is 0 Å². The Labute approximate surface area is 177 Å². The maximum atomic E-state index is 12.8. The van der Waals surface area contributed by atoms with Crippen molar-refractivity contribution in [3.05, 3.63) is 76.3 Å². The van der Waals surface area contributed by atoms with Crippen LogP contribution in [0.4, 0.5) is 0 Å². The monoisotopic (exact) mass is 454 g/mol. The van der Waals surface area contributed by atoms with Crippen LogP contribution in [0.2, 0.25) is 0 Å². The topological polar surface area (TPSA) is 61.8 Å². The van der Waals surface area contributed by atoms with Crippen LogP contribution in [0, 0.1) is 0 Å². The molecule has 0 aliphatic rings. The van der Waals surface area contributed by atoms with Gasteiger partial charge in [0.25, 0.3) is 0 Å². The minimum Gasteiger partial charge on any atom is -0.493 e. The molecule has 6 heteroatoms. The molecule has 0 saturated carbocycles. The minimum atomic E-state index is -0.490. The predicted octanol–water partition coefficient (Wildman–Crippen LogP) is 5.41. The lowest BCUT2D eigenvalue weighted by Gasteiger charge is -2.13. The summed E-state index contributed by atoms with van der Waals surface area (Å²) < 4.78 is 16.4. The van der Waals surface area contributed by atoms with Crippen LogP contribution in [0.25, 0.3) is 16.8 Å². The summed E-state index contributed by atoms with van der Waals surface area (Å²) >= 11 is 3.42. The van der Waals surface area contributed by atoms with Crippen LogP contribution in [0.1, 0.15) is 22.8 Å². The lowest BCUT2D eigenvalue weighted by atomic mass is 10.0. The summed E-state index contributed by atoms with van der Waals surface area (Å²) in [5.74, 6) is -0.306. The Morgan fingerprint density at radius 2 is 1.83 bits per heavy atom. The van der Waals surface area contributed by atoms with Crippen molar-refractivity contribution in [2.45, 2.75) is 6.92 Å². The summed E-state index contributed by atoms with van der Waals surface area (Å²) in [6, 6.07) is 16.5. The molecular weight excluding hydrogens is 436 g/mol. The normalized spacial score (nSPS) is 10.9. The van der Waals surface area contributed by atoms with E-state index in [4.69, 9.17) is 14.2 Å². The highest BCUT2D eigenvalue weighted by atomic mass is 79.9. The van der Waals surface area contributed by atoms with Crippen LogP contribution in [-0.2, 0) is 9.53 Å². The predicted molar refractivity (Wildman–Crippen MR) is 115 cm³/mol. The van der Waals surface area contributed by atoms with Crippen molar-refractivity contribution in [1.29, 1.82) is 0 Å². The van der Waals surface area contributed by atoms with Gasteiger partial charge in [-0.3, -0.25) is 0 Å². The van der Waals surface area contributed by atoms with Crippen LogP contribution < -0.4 is 9.47 Å². The molecule has 0 saturated heterocycles. The van der Waals surface area contributed by atoms with Crippen LogP contribution in [0.5, 0.6) is 11.5 Å². The highest BCUT2D eigenvalue weighted by Crippen LogP contribution is 2.38. The molecule has 0 fully saturated rings. The van der Waals surface area contributed by atoms with E-state index in [9.17, 15) is 9.59 Å². The third-order valence-electron chi connectivity index (χ3n) is 4.15. The average Bonchev–Trinajstić information content (AvgIpc) is 2.73. The second-order valence-electron chi connectivity index (χ2n) is 6.04. The second kappa shape index (κ2) is 9.39. The maximum Gasteiger partial charge on any atom is 0.344 e. The number of halogens is 1. The molecule has 3 aromatic carbocycles. The first-order valence-electron chi connectivity index (χ1n) is 8.95. The highest BCUT2D eigenvalue weighted by Gasteiger charge is 2.18. The van der Waals surface area contributed by atoms with Crippen molar-refractivity contribution < 1.29 is 23.8 Å². The smallest absolute Gasteiger partial charge is 0.344 e. The molecule has 0 N–H and O–H groups in total. The van der Waals surface area contributed by atoms with Crippen molar-refractivity contribution in [3.8, 4) is 11.5 Å². The van der Waals surface area contributed by atoms with Gasteiger partial charge < -0.3 is 14.2 Å². The van der Waals surface area contributed by atoms with Crippen LogP contribution in [-0.4, -0.2) is 25.7 Å². The van der Waals surface area contributed by atoms with E-state index in [0.29, 0.717) is 28.0 Å². The number of carbonyl (C=O) groups excluding carboxylic acids is 2. The fourth-order valence-corrected chi connectivity index (χ4v) is 3.38. The molecule has 0 amide bonds. The van der Waals surface area contributed by atoms with Gasteiger partial charge in [0.15, 0.2) is 11.5 Å². The molecule has 0 radical (unpaired) electrons. The molecule has 0 aliphatic carbocycles. The summed E-state index contributed by atoms with van der Waals surface area (Å²) in [7, 11) is 1.48. The number of carbonyl (C=O) groups is 2. The van der Waals surface area contributed by atoms with E-state index >= 15 is 0 Å². The van der Waals surface area contributed by atoms with E-state index in [2.05, 4.69) is 15.9 Å². The van der Waals surface area contributed by atoms with E-state index in [1.54, 1.807) is 31.2 Å². The summed E-state index contributed by atoms with van der Waals surface area (Å²) in [6.45, 7) is 2.05. The maximum absolute atomic E-state index is 12.8. The van der Waals surface area contributed by atoms with E-state index in [1.807, 2.05) is 36.4 Å². The minimum absolute atomic E-state index is 0.263. The number of ether oxygens (including phenoxy) is 3. The summed E-state index contributed by atoms with van der Waals surface area (Å²) in [6.07, 6.45) is 2.92. The molecule has 0 heterocycles. The largest absolute Gasteiger partial charge is 0.493 e. The number of hydrogen-bond donors (Lipinski definition) is 0. The van der Waals surface area contributed by atoms with Crippen LogP contribution in [0.15, 0.2) is 65.1 Å². The Morgan fingerprint density at radius 1 is 1.07 bits per heavy atom. The third-order valence-corrected chi connectivity index (χ3v) is 4.74. The highest BCUT2D eigenvalue weighted by molar-refractivity contribution is 9.10. The number of hydrogen-bond acceptors (Lipinski definition) is 5. The van der Waals surface area contributed by atoms with Gasteiger partial charge in [0.2, 0.25) is 0 Å². The summed E-state index contributed by atoms with van der Waals surface area (Å²) in [4.78, 5) is 24.4. The number of benzene rings is 3. The zero-order valence-corrected chi connectivity index (χ0v) is 17.6. The Morgan fingerprint density at radius 3 is 2.59 bits per heavy atom. The molecule has 0 aromatic heterocycles. The van der Waals surface area contributed by atoms with Gasteiger partial charge >= 0.3 is 11.9 Å². The van der Waals surface area contributed by atoms with E-state index in [0.717, 1.165) is 10.8 Å². The first-order valence-corrected chi connectivity index (χ1v) is 9.75. The first kappa shape index (κ1) is 20.6. The quantitative estimate of drug-likeness (QED) is 0.283. The summed E-state index contributed by atoms with van der Waals surface area (Å²) in [5, 5.41) is 1.76. The first-order chi connectivity index (χ1) is 14.0. The molecule has 29 heavy (non-hydrogen) atoms. The molecule has 0 unspecified atom stereocenters. The van der Waals surface area contributed by atoms with Crippen molar-refractivity contribution in [2.24, 2.45) is 0 Å². The molecule has 148 valence electrons. The van der Waals surface area contributed by atoms with Gasteiger partial charge in [0, 0.05) is 6.08 Å². The van der Waals surface area contributed by atoms with Crippen molar-refractivity contribution in [1.82, 2.24) is 0 Å². The lowest BCUT2D eigenvalue weighted by molar-refractivity contribution is -0.137. The Bertz CT molecular complexity index is 1080. The van der Waals surface area contributed by atoms with Gasteiger partial charge in [-0.15, -0.1) is 0 Å². The molecule has 0 aliphatic heterocycles. The Hall–Kier alpha value is -3.12. The molecule has 0 bridgehead atoms. The number of fused-ring (bicyclic) bond motifs is 1.